The number of methoxy groups -OCH3 is 1. The lowest BCUT2D eigenvalue weighted by Crippen LogP contribution is -2.06. The first kappa shape index (κ1) is 20.9. The molecule has 0 fully saturated rings. The third-order valence-electron chi connectivity index (χ3n) is 4.02. The molecule has 6 heteroatoms. The van der Waals surface area contributed by atoms with Crippen molar-refractivity contribution in [3.05, 3.63) is 82.4 Å². The molecule has 0 heterocycles. The molecule has 0 spiro atoms. The number of nitrogens with zero attached hydrogens (tertiary/aromatic N) is 1. The van der Waals surface area contributed by atoms with E-state index in [1.807, 2.05) is 36.4 Å². The molecular formula is C22H23NO5. The van der Waals surface area contributed by atoms with Crippen LogP contribution in [0.5, 0.6) is 11.5 Å². The van der Waals surface area contributed by atoms with E-state index >= 15 is 0 Å². The van der Waals surface area contributed by atoms with Gasteiger partial charge in [0.25, 0.3) is 5.69 Å². The van der Waals surface area contributed by atoms with E-state index < -0.39 is 10.9 Å². The number of esters is 1. The van der Waals surface area contributed by atoms with Crippen molar-refractivity contribution in [3.8, 4) is 11.5 Å². The Hall–Kier alpha value is -3.41. The maximum absolute atomic E-state index is 11.9. The number of carbonyl (C=O) groups excluding carboxylic acids is 1. The van der Waals surface area contributed by atoms with Gasteiger partial charge in [-0.2, -0.15) is 0 Å². The second kappa shape index (κ2) is 10.1. The number of benzene rings is 2. The number of nitro groups is 1. The summed E-state index contributed by atoms with van der Waals surface area (Å²) in [7, 11) is 1.63. The molecule has 0 aromatic heterocycles. The minimum Gasteiger partial charge on any atom is -0.497 e. The van der Waals surface area contributed by atoms with Crippen LogP contribution >= 0.6 is 0 Å². The van der Waals surface area contributed by atoms with Crippen LogP contribution in [0.25, 0.3) is 5.57 Å². The highest BCUT2D eigenvalue weighted by molar-refractivity contribution is 5.74. The lowest BCUT2D eigenvalue weighted by Gasteiger charge is -2.11. The zero-order valence-corrected chi connectivity index (χ0v) is 16.1. The lowest BCUT2D eigenvalue weighted by molar-refractivity contribution is -0.384. The summed E-state index contributed by atoms with van der Waals surface area (Å²) in [6.45, 7) is 4.21. The Morgan fingerprint density at radius 3 is 2.21 bits per heavy atom. The van der Waals surface area contributed by atoms with Crippen molar-refractivity contribution in [1.82, 2.24) is 0 Å². The molecule has 0 bridgehead atoms. The predicted octanol–water partition coefficient (Wildman–Crippen LogP) is 5.19. The molecular weight excluding hydrogens is 358 g/mol. The SMILES string of the molecule is COc1ccc(/C(=C\C=C\CC(=O)Oc2ccc([N+](=O)[O-])cc2)C(C)C)cc1. The van der Waals surface area contributed by atoms with Gasteiger partial charge in [-0.3, -0.25) is 14.9 Å². The topological polar surface area (TPSA) is 78.7 Å². The van der Waals surface area contributed by atoms with E-state index in [9.17, 15) is 14.9 Å². The van der Waals surface area contributed by atoms with Crippen molar-refractivity contribution in [2.24, 2.45) is 5.92 Å². The maximum Gasteiger partial charge on any atom is 0.315 e. The smallest absolute Gasteiger partial charge is 0.315 e. The molecule has 0 aliphatic heterocycles. The molecule has 6 nitrogen and oxygen atoms in total. The van der Waals surface area contributed by atoms with Gasteiger partial charge in [-0.05, 0) is 41.3 Å². The van der Waals surface area contributed by atoms with Crippen molar-refractivity contribution in [3.63, 3.8) is 0 Å². The van der Waals surface area contributed by atoms with Gasteiger partial charge in [0.2, 0.25) is 0 Å². The minimum absolute atomic E-state index is 0.0513. The molecule has 0 N–H and O–H groups in total. The number of ether oxygens (including phenoxy) is 2. The van der Waals surface area contributed by atoms with Gasteiger partial charge in [0.05, 0.1) is 18.5 Å². The Labute approximate surface area is 164 Å². The molecule has 2 aromatic rings. The first-order chi connectivity index (χ1) is 13.4. The zero-order valence-electron chi connectivity index (χ0n) is 16.1. The Balaban J connectivity index is 1.96. The predicted molar refractivity (Wildman–Crippen MR) is 108 cm³/mol. The van der Waals surface area contributed by atoms with Gasteiger partial charge in [0, 0.05) is 12.1 Å². The molecule has 0 aliphatic carbocycles. The number of hydrogen-bond acceptors (Lipinski definition) is 5. The average molecular weight is 381 g/mol. The molecule has 146 valence electrons. The highest BCUT2D eigenvalue weighted by Crippen LogP contribution is 2.25. The number of carbonyl (C=O) groups is 1. The molecule has 0 saturated carbocycles. The molecule has 0 atom stereocenters. The van der Waals surface area contributed by atoms with Gasteiger partial charge in [-0.25, -0.2) is 0 Å². The summed E-state index contributed by atoms with van der Waals surface area (Å²) in [5.74, 6) is 0.955. The molecule has 0 amide bonds. The van der Waals surface area contributed by atoms with E-state index in [1.165, 1.54) is 24.3 Å². The number of non-ortho nitro benzene ring substituents is 1. The van der Waals surface area contributed by atoms with Gasteiger partial charge in [0.15, 0.2) is 0 Å². The Morgan fingerprint density at radius 2 is 1.68 bits per heavy atom. The van der Waals surface area contributed by atoms with Crippen molar-refractivity contribution < 1.29 is 19.2 Å². The van der Waals surface area contributed by atoms with Gasteiger partial charge in [-0.15, -0.1) is 0 Å². The van der Waals surface area contributed by atoms with Crippen LogP contribution in [-0.4, -0.2) is 18.0 Å². The van der Waals surface area contributed by atoms with Gasteiger partial charge in [0.1, 0.15) is 11.5 Å². The van der Waals surface area contributed by atoms with E-state index in [1.54, 1.807) is 13.2 Å². The molecule has 0 unspecified atom stereocenters. The Bertz CT molecular complexity index is 865. The molecule has 2 rings (SSSR count). The zero-order chi connectivity index (χ0) is 20.5. The third kappa shape index (κ3) is 6.09. The summed E-state index contributed by atoms with van der Waals surface area (Å²) in [5, 5.41) is 10.6. The Kier molecular flexibility index (Phi) is 7.51. The van der Waals surface area contributed by atoms with E-state index in [0.29, 0.717) is 5.92 Å². The second-order valence-corrected chi connectivity index (χ2v) is 6.36. The van der Waals surface area contributed by atoms with Crippen LogP contribution in [0.15, 0.2) is 66.8 Å². The molecule has 2 aromatic carbocycles. The fourth-order valence-electron chi connectivity index (χ4n) is 2.55. The molecule has 0 radical (unpaired) electrons. The van der Waals surface area contributed by atoms with Crippen molar-refractivity contribution in [2.45, 2.75) is 20.3 Å². The summed E-state index contributed by atoms with van der Waals surface area (Å²) in [5.41, 5.74) is 2.18. The van der Waals surface area contributed by atoms with Crippen LogP contribution in [0, 0.1) is 16.0 Å². The normalized spacial score (nSPS) is 11.6. The second-order valence-electron chi connectivity index (χ2n) is 6.36. The molecule has 28 heavy (non-hydrogen) atoms. The van der Waals surface area contributed by atoms with Crippen molar-refractivity contribution in [1.29, 1.82) is 0 Å². The van der Waals surface area contributed by atoms with Gasteiger partial charge < -0.3 is 9.47 Å². The Morgan fingerprint density at radius 1 is 1.07 bits per heavy atom. The van der Waals surface area contributed by atoms with Gasteiger partial charge in [-0.1, -0.05) is 44.2 Å². The lowest BCUT2D eigenvalue weighted by atomic mass is 9.95. The quantitative estimate of drug-likeness (QED) is 0.207. The molecule has 0 aliphatic rings. The fraction of sp³-hybridized carbons (Fsp3) is 0.227. The highest BCUT2D eigenvalue weighted by Gasteiger charge is 2.08. The summed E-state index contributed by atoms with van der Waals surface area (Å²) < 4.78 is 10.3. The monoisotopic (exact) mass is 381 g/mol. The fourth-order valence-corrected chi connectivity index (χ4v) is 2.55. The summed E-state index contributed by atoms with van der Waals surface area (Å²) in [4.78, 5) is 22.0. The van der Waals surface area contributed by atoms with E-state index in [0.717, 1.165) is 16.9 Å². The van der Waals surface area contributed by atoms with Crippen LogP contribution in [0.2, 0.25) is 0 Å². The third-order valence-corrected chi connectivity index (χ3v) is 4.02. The van der Waals surface area contributed by atoms with E-state index in [2.05, 4.69) is 13.8 Å². The van der Waals surface area contributed by atoms with Crippen molar-refractivity contribution >= 4 is 17.2 Å². The average Bonchev–Trinajstić information content (AvgIpc) is 2.68. The number of rotatable bonds is 8. The summed E-state index contributed by atoms with van der Waals surface area (Å²) >= 11 is 0. The summed E-state index contributed by atoms with van der Waals surface area (Å²) in [6.07, 6.45) is 5.63. The van der Waals surface area contributed by atoms with Crippen molar-refractivity contribution in [2.75, 3.05) is 7.11 Å². The van der Waals surface area contributed by atoms with Crippen LogP contribution in [-0.2, 0) is 4.79 Å². The van der Waals surface area contributed by atoms with Gasteiger partial charge >= 0.3 is 5.97 Å². The largest absolute Gasteiger partial charge is 0.497 e. The molecule has 0 saturated heterocycles. The number of hydrogen-bond donors (Lipinski definition) is 0. The standard InChI is InChI=1S/C22H23NO5/c1-16(2)21(17-8-12-19(27-3)13-9-17)6-4-5-7-22(24)28-20-14-10-18(11-15-20)23(25)26/h4-6,8-16H,7H2,1-3H3/b5-4+,21-6-. The van der Waals surface area contributed by atoms with E-state index in [4.69, 9.17) is 9.47 Å². The maximum atomic E-state index is 11.9. The highest BCUT2D eigenvalue weighted by atomic mass is 16.6. The number of nitro benzene ring substituents is 1. The number of allylic oxidation sites excluding steroid dienone is 3. The van der Waals surface area contributed by atoms with Crippen LogP contribution in [0.1, 0.15) is 25.8 Å². The van der Waals surface area contributed by atoms with E-state index in [-0.39, 0.29) is 17.9 Å². The first-order valence-electron chi connectivity index (χ1n) is 8.87. The van der Waals surface area contributed by atoms with Crippen LogP contribution < -0.4 is 9.47 Å². The summed E-state index contributed by atoms with van der Waals surface area (Å²) in [6, 6.07) is 13.2. The van der Waals surface area contributed by atoms with Crippen LogP contribution in [0.3, 0.4) is 0 Å². The minimum atomic E-state index is -0.504. The van der Waals surface area contributed by atoms with Crippen LogP contribution in [0.4, 0.5) is 5.69 Å². The first-order valence-corrected chi connectivity index (χ1v) is 8.87.